The minimum Gasteiger partial charge on any atom is -0.495 e. The SMILES string of the molecule is COc1cc(S(N)(=O)=O)ccc1NCC#Cc1c(C#N)oc2ccc(NC3CCN(C)CC3)nc12. The van der Waals surface area contributed by atoms with Crippen LogP contribution in [0.4, 0.5) is 11.5 Å². The number of likely N-dealkylation sites (tertiary alicyclic amines) is 1. The predicted molar refractivity (Wildman–Crippen MR) is 133 cm³/mol. The van der Waals surface area contributed by atoms with Crippen molar-refractivity contribution < 1.29 is 17.6 Å². The zero-order chi connectivity index (χ0) is 25.0. The highest BCUT2D eigenvalue weighted by Crippen LogP contribution is 2.28. The highest BCUT2D eigenvalue weighted by Gasteiger charge is 2.19. The number of nitrogens with one attached hydrogen (secondary N) is 2. The molecule has 0 saturated carbocycles. The van der Waals surface area contributed by atoms with E-state index in [4.69, 9.17) is 14.3 Å². The summed E-state index contributed by atoms with van der Waals surface area (Å²) < 4.78 is 34.0. The number of pyridine rings is 1. The Morgan fingerprint density at radius 2 is 2.06 bits per heavy atom. The van der Waals surface area contributed by atoms with Gasteiger partial charge in [0.15, 0.2) is 5.58 Å². The summed E-state index contributed by atoms with van der Waals surface area (Å²) in [6.07, 6.45) is 2.07. The van der Waals surface area contributed by atoms with Gasteiger partial charge in [0.25, 0.3) is 0 Å². The number of methoxy groups -OCH3 is 1. The lowest BCUT2D eigenvalue weighted by Crippen LogP contribution is -2.36. The predicted octanol–water partition coefficient (Wildman–Crippen LogP) is 2.33. The molecular weight excluding hydrogens is 468 g/mol. The van der Waals surface area contributed by atoms with Gasteiger partial charge in [0, 0.05) is 12.1 Å². The number of nitrogens with zero attached hydrogens (tertiary/aromatic N) is 3. The summed E-state index contributed by atoms with van der Waals surface area (Å²) in [6, 6.07) is 10.3. The standard InChI is InChI=1S/C24H26N6O4S/c1-30-12-9-16(10-13-30)28-23-8-7-20-24(29-23)18(22(15-25)34-20)4-3-11-27-19-6-5-17(35(26,31)32)14-21(19)33-2/h5-8,14,16,27H,9-13H2,1-2H3,(H,28,29)(H2,26,31,32). The van der Waals surface area contributed by atoms with E-state index < -0.39 is 10.0 Å². The number of rotatable bonds is 6. The molecule has 3 aromatic rings. The van der Waals surface area contributed by atoms with E-state index in [1.807, 2.05) is 12.1 Å². The maximum atomic E-state index is 11.6. The lowest BCUT2D eigenvalue weighted by molar-refractivity contribution is 0.263. The van der Waals surface area contributed by atoms with E-state index in [1.54, 1.807) is 12.1 Å². The van der Waals surface area contributed by atoms with Crippen LogP contribution in [0.5, 0.6) is 5.75 Å². The molecule has 1 aliphatic rings. The van der Waals surface area contributed by atoms with Gasteiger partial charge < -0.3 is 24.7 Å². The van der Waals surface area contributed by atoms with E-state index in [0.717, 1.165) is 31.7 Å². The number of sulfonamides is 1. The topological polar surface area (TPSA) is 147 Å². The van der Waals surface area contributed by atoms with Crippen molar-refractivity contribution in [3.8, 4) is 23.7 Å². The first kappa shape index (κ1) is 24.4. The second-order valence-electron chi connectivity index (χ2n) is 8.25. The summed E-state index contributed by atoms with van der Waals surface area (Å²) in [5, 5.41) is 21.2. The number of hydrogen-bond acceptors (Lipinski definition) is 9. The number of piperidine rings is 1. The fourth-order valence-corrected chi connectivity index (χ4v) is 4.41. The molecule has 1 saturated heterocycles. The van der Waals surface area contributed by atoms with Crippen molar-refractivity contribution in [3.05, 3.63) is 41.7 Å². The number of fused-ring (bicyclic) bond motifs is 1. The third kappa shape index (κ3) is 5.66. The monoisotopic (exact) mass is 494 g/mol. The molecule has 0 bridgehead atoms. The molecule has 0 unspecified atom stereocenters. The quantitative estimate of drug-likeness (QED) is 0.439. The largest absolute Gasteiger partial charge is 0.495 e. The number of benzene rings is 1. The minimum atomic E-state index is -3.84. The van der Waals surface area contributed by atoms with Crippen molar-refractivity contribution in [1.82, 2.24) is 9.88 Å². The summed E-state index contributed by atoms with van der Waals surface area (Å²) in [4.78, 5) is 6.92. The molecular formula is C24H26N6O4S. The Bertz CT molecular complexity index is 1440. The van der Waals surface area contributed by atoms with Crippen LogP contribution in [0.15, 0.2) is 39.6 Å². The number of ether oxygens (including phenoxy) is 1. The van der Waals surface area contributed by atoms with Gasteiger partial charge in [0.2, 0.25) is 15.8 Å². The van der Waals surface area contributed by atoms with Gasteiger partial charge >= 0.3 is 0 Å². The van der Waals surface area contributed by atoms with Crippen LogP contribution < -0.4 is 20.5 Å². The fourth-order valence-electron chi connectivity index (χ4n) is 3.88. The smallest absolute Gasteiger partial charge is 0.238 e. The van der Waals surface area contributed by atoms with E-state index in [-0.39, 0.29) is 17.2 Å². The number of nitriles is 1. The summed E-state index contributed by atoms with van der Waals surface area (Å²) in [7, 11) is -0.297. The average molecular weight is 495 g/mol. The van der Waals surface area contributed by atoms with E-state index in [9.17, 15) is 13.7 Å². The van der Waals surface area contributed by atoms with Crippen LogP contribution in [-0.4, -0.2) is 58.1 Å². The molecule has 11 heteroatoms. The van der Waals surface area contributed by atoms with E-state index in [0.29, 0.717) is 34.1 Å². The number of anilines is 2. The summed E-state index contributed by atoms with van der Waals surface area (Å²) in [5.41, 5.74) is 2.00. The molecule has 0 amide bonds. The van der Waals surface area contributed by atoms with Crippen molar-refractivity contribution in [2.75, 3.05) is 44.4 Å². The molecule has 4 N–H and O–H groups in total. The van der Waals surface area contributed by atoms with Gasteiger partial charge in [-0.05, 0) is 57.2 Å². The first-order chi connectivity index (χ1) is 16.8. The highest BCUT2D eigenvalue weighted by molar-refractivity contribution is 7.89. The molecule has 4 rings (SSSR count). The molecule has 0 aliphatic carbocycles. The highest BCUT2D eigenvalue weighted by atomic mass is 32.2. The first-order valence-electron chi connectivity index (χ1n) is 11.0. The lowest BCUT2D eigenvalue weighted by atomic mass is 10.1. The maximum absolute atomic E-state index is 11.6. The molecule has 1 aromatic carbocycles. The third-order valence-electron chi connectivity index (χ3n) is 5.79. The minimum absolute atomic E-state index is 0.0507. The first-order valence-corrected chi connectivity index (χ1v) is 12.6. The summed E-state index contributed by atoms with van der Waals surface area (Å²) >= 11 is 0. The van der Waals surface area contributed by atoms with Gasteiger partial charge in [-0.15, -0.1) is 0 Å². The molecule has 1 aliphatic heterocycles. The Balaban J connectivity index is 1.52. The number of primary sulfonamides is 1. The van der Waals surface area contributed by atoms with Crippen molar-refractivity contribution >= 4 is 32.6 Å². The second-order valence-corrected chi connectivity index (χ2v) is 9.81. The van der Waals surface area contributed by atoms with Crippen LogP contribution in [0.3, 0.4) is 0 Å². The Hall–Kier alpha value is -3.77. The number of furan rings is 1. The van der Waals surface area contributed by atoms with E-state index in [1.165, 1.54) is 19.2 Å². The van der Waals surface area contributed by atoms with Crippen molar-refractivity contribution in [3.63, 3.8) is 0 Å². The molecule has 0 radical (unpaired) electrons. The molecule has 0 spiro atoms. The Morgan fingerprint density at radius 3 is 2.74 bits per heavy atom. The van der Waals surface area contributed by atoms with Crippen LogP contribution in [0.25, 0.3) is 11.1 Å². The number of nitrogens with two attached hydrogens (primary N) is 1. The van der Waals surface area contributed by atoms with Crippen molar-refractivity contribution in [1.29, 1.82) is 5.26 Å². The molecule has 2 aromatic heterocycles. The normalized spacial score (nSPS) is 14.7. The van der Waals surface area contributed by atoms with Gasteiger partial charge in [-0.1, -0.05) is 11.8 Å². The van der Waals surface area contributed by atoms with Crippen molar-refractivity contribution in [2.45, 2.75) is 23.8 Å². The molecule has 0 atom stereocenters. The zero-order valence-corrected chi connectivity index (χ0v) is 20.3. The van der Waals surface area contributed by atoms with Crippen LogP contribution >= 0.6 is 0 Å². The van der Waals surface area contributed by atoms with Gasteiger partial charge in [-0.3, -0.25) is 0 Å². The fraction of sp³-hybridized carbons (Fsp3) is 0.333. The molecule has 35 heavy (non-hydrogen) atoms. The van der Waals surface area contributed by atoms with Gasteiger partial charge in [0.05, 0.1) is 24.2 Å². The Kier molecular flexibility index (Phi) is 7.12. The van der Waals surface area contributed by atoms with Gasteiger partial charge in [0.1, 0.15) is 28.7 Å². The van der Waals surface area contributed by atoms with Crippen LogP contribution in [-0.2, 0) is 10.0 Å². The summed E-state index contributed by atoms with van der Waals surface area (Å²) in [6.45, 7) is 2.27. The lowest BCUT2D eigenvalue weighted by Gasteiger charge is -2.29. The molecule has 3 heterocycles. The zero-order valence-electron chi connectivity index (χ0n) is 19.5. The average Bonchev–Trinajstić information content (AvgIpc) is 3.19. The van der Waals surface area contributed by atoms with E-state index in [2.05, 4.69) is 39.4 Å². The van der Waals surface area contributed by atoms with Crippen LogP contribution in [0, 0.1) is 23.2 Å². The molecule has 1 fully saturated rings. The Morgan fingerprint density at radius 1 is 1.29 bits per heavy atom. The summed E-state index contributed by atoms with van der Waals surface area (Å²) in [5.74, 6) is 7.09. The molecule has 182 valence electrons. The Labute approximate surface area is 204 Å². The van der Waals surface area contributed by atoms with Crippen LogP contribution in [0.2, 0.25) is 0 Å². The van der Waals surface area contributed by atoms with Gasteiger partial charge in [-0.25, -0.2) is 18.5 Å². The number of hydrogen-bond donors (Lipinski definition) is 3. The molecule has 10 nitrogen and oxygen atoms in total. The second kappa shape index (κ2) is 10.2. The van der Waals surface area contributed by atoms with E-state index >= 15 is 0 Å². The van der Waals surface area contributed by atoms with Gasteiger partial charge in [-0.2, -0.15) is 5.26 Å². The maximum Gasteiger partial charge on any atom is 0.238 e. The number of aromatic nitrogens is 1. The van der Waals surface area contributed by atoms with Crippen LogP contribution in [0.1, 0.15) is 24.2 Å². The van der Waals surface area contributed by atoms with Crippen molar-refractivity contribution in [2.24, 2.45) is 5.14 Å². The third-order valence-corrected chi connectivity index (χ3v) is 6.70.